The van der Waals surface area contributed by atoms with Crippen molar-refractivity contribution < 1.29 is 23.9 Å². The molecule has 1 aromatic heterocycles. The summed E-state index contributed by atoms with van der Waals surface area (Å²) in [7, 11) is 0. The number of hydrogen-bond acceptors (Lipinski definition) is 5. The van der Waals surface area contributed by atoms with E-state index in [9.17, 15) is 14.4 Å². The highest BCUT2D eigenvalue weighted by Crippen LogP contribution is 2.20. The van der Waals surface area contributed by atoms with Crippen LogP contribution in [0.3, 0.4) is 0 Å². The lowest BCUT2D eigenvalue weighted by Gasteiger charge is -2.07. The Bertz CT molecular complexity index is 833. The fourth-order valence-corrected chi connectivity index (χ4v) is 2.86. The van der Waals surface area contributed by atoms with Gasteiger partial charge in [0.15, 0.2) is 12.4 Å². The predicted molar refractivity (Wildman–Crippen MR) is 102 cm³/mol. The third kappa shape index (κ3) is 5.06. The molecular weight excluding hydrogens is 346 g/mol. The molecule has 6 nitrogen and oxygen atoms in total. The smallest absolute Gasteiger partial charge is 0.338 e. The third-order valence-corrected chi connectivity index (χ3v) is 4.26. The van der Waals surface area contributed by atoms with Gasteiger partial charge in [-0.15, -0.1) is 0 Å². The predicted octanol–water partition coefficient (Wildman–Crippen LogP) is 4.05. The summed E-state index contributed by atoms with van der Waals surface area (Å²) in [5, 5.41) is 0. The second-order valence-electron chi connectivity index (χ2n) is 6.41. The molecule has 0 spiro atoms. The monoisotopic (exact) mass is 371 g/mol. The molecule has 27 heavy (non-hydrogen) atoms. The van der Waals surface area contributed by atoms with Crippen LogP contribution in [-0.4, -0.2) is 35.7 Å². The maximum absolute atomic E-state index is 12.4. The van der Waals surface area contributed by atoms with Crippen LogP contribution >= 0.6 is 0 Å². The number of esters is 1. The van der Waals surface area contributed by atoms with E-state index in [0.717, 1.165) is 12.8 Å². The van der Waals surface area contributed by atoms with Gasteiger partial charge in [-0.05, 0) is 57.0 Å². The Balaban J connectivity index is 1.97. The Kier molecular flexibility index (Phi) is 6.93. The SMILES string of the molecule is CCCCOC(=O)c1ccc(OCC(=O)c2[nH]c(C)c(C(C)=O)c2C)cc1. The summed E-state index contributed by atoms with van der Waals surface area (Å²) in [6.07, 6.45) is 1.79. The van der Waals surface area contributed by atoms with Crippen molar-refractivity contribution in [2.24, 2.45) is 0 Å². The van der Waals surface area contributed by atoms with Gasteiger partial charge in [0.2, 0.25) is 5.78 Å². The summed E-state index contributed by atoms with van der Waals surface area (Å²) in [5.74, 6) is -0.227. The zero-order valence-electron chi connectivity index (χ0n) is 16.2. The number of benzene rings is 1. The number of H-pyrrole nitrogens is 1. The Hall–Kier alpha value is -2.89. The standard InChI is InChI=1S/C21H25NO5/c1-5-6-11-26-21(25)16-7-9-17(10-8-16)27-12-18(24)20-13(2)19(15(4)23)14(3)22-20/h7-10,22H,5-6,11-12H2,1-4H3. The first-order chi connectivity index (χ1) is 12.8. The average Bonchev–Trinajstić information content (AvgIpc) is 2.94. The first-order valence-corrected chi connectivity index (χ1v) is 8.98. The van der Waals surface area contributed by atoms with E-state index in [2.05, 4.69) is 4.98 Å². The van der Waals surface area contributed by atoms with Crippen molar-refractivity contribution in [3.8, 4) is 5.75 Å². The molecule has 2 aromatic rings. The molecule has 0 saturated heterocycles. The molecule has 144 valence electrons. The van der Waals surface area contributed by atoms with E-state index in [0.29, 0.717) is 40.4 Å². The van der Waals surface area contributed by atoms with Gasteiger partial charge in [0, 0.05) is 11.3 Å². The maximum atomic E-state index is 12.4. The van der Waals surface area contributed by atoms with E-state index >= 15 is 0 Å². The van der Waals surface area contributed by atoms with Crippen LogP contribution in [0.15, 0.2) is 24.3 Å². The van der Waals surface area contributed by atoms with Crippen LogP contribution in [0.2, 0.25) is 0 Å². The fourth-order valence-electron chi connectivity index (χ4n) is 2.86. The van der Waals surface area contributed by atoms with Gasteiger partial charge in [0.25, 0.3) is 0 Å². The van der Waals surface area contributed by atoms with Crippen molar-refractivity contribution in [1.82, 2.24) is 4.98 Å². The first kappa shape index (κ1) is 20.4. The van der Waals surface area contributed by atoms with Crippen molar-refractivity contribution >= 4 is 17.5 Å². The normalized spacial score (nSPS) is 10.5. The van der Waals surface area contributed by atoms with Gasteiger partial charge >= 0.3 is 5.97 Å². The van der Waals surface area contributed by atoms with E-state index in [4.69, 9.17) is 9.47 Å². The summed E-state index contributed by atoms with van der Waals surface area (Å²) in [6.45, 7) is 7.24. The number of carbonyl (C=O) groups is 3. The number of hydrogen-bond donors (Lipinski definition) is 1. The molecule has 0 aliphatic heterocycles. The molecule has 1 aromatic carbocycles. The molecule has 0 amide bonds. The second kappa shape index (κ2) is 9.16. The molecule has 0 fully saturated rings. The molecule has 0 saturated carbocycles. The van der Waals surface area contributed by atoms with Crippen LogP contribution in [-0.2, 0) is 4.74 Å². The van der Waals surface area contributed by atoms with Gasteiger partial charge < -0.3 is 14.5 Å². The quantitative estimate of drug-likeness (QED) is 0.408. The number of ether oxygens (including phenoxy) is 2. The number of Topliss-reactive ketones (excluding diaryl/α,β-unsaturated/α-hetero) is 2. The van der Waals surface area contributed by atoms with Gasteiger partial charge in [0.05, 0.1) is 17.9 Å². The van der Waals surface area contributed by atoms with E-state index in [1.165, 1.54) is 6.92 Å². The Morgan fingerprint density at radius 2 is 1.74 bits per heavy atom. The maximum Gasteiger partial charge on any atom is 0.338 e. The van der Waals surface area contributed by atoms with Crippen molar-refractivity contribution in [1.29, 1.82) is 0 Å². The first-order valence-electron chi connectivity index (χ1n) is 8.98. The van der Waals surface area contributed by atoms with Crippen molar-refractivity contribution in [3.05, 3.63) is 52.3 Å². The summed E-state index contributed by atoms with van der Waals surface area (Å²) < 4.78 is 10.7. The molecule has 0 atom stereocenters. The van der Waals surface area contributed by atoms with E-state index in [1.807, 2.05) is 6.92 Å². The zero-order chi connectivity index (χ0) is 20.0. The van der Waals surface area contributed by atoms with Crippen LogP contribution in [0.1, 0.15) is 69.2 Å². The van der Waals surface area contributed by atoms with E-state index < -0.39 is 0 Å². The molecule has 2 rings (SSSR count). The number of unbranched alkanes of at least 4 members (excludes halogenated alkanes) is 1. The highest BCUT2D eigenvalue weighted by atomic mass is 16.5. The summed E-state index contributed by atoms with van der Waals surface area (Å²) in [4.78, 5) is 38.9. The lowest BCUT2D eigenvalue weighted by Crippen LogP contribution is -2.13. The summed E-state index contributed by atoms with van der Waals surface area (Å²) >= 11 is 0. The summed E-state index contributed by atoms with van der Waals surface area (Å²) in [6, 6.07) is 6.45. The number of nitrogens with one attached hydrogen (secondary N) is 1. The minimum atomic E-state index is -0.375. The third-order valence-electron chi connectivity index (χ3n) is 4.26. The largest absolute Gasteiger partial charge is 0.485 e. The van der Waals surface area contributed by atoms with Crippen LogP contribution in [0, 0.1) is 13.8 Å². The lowest BCUT2D eigenvalue weighted by atomic mass is 10.1. The van der Waals surface area contributed by atoms with Gasteiger partial charge in [-0.3, -0.25) is 9.59 Å². The number of ketones is 2. The lowest BCUT2D eigenvalue weighted by molar-refractivity contribution is 0.0499. The second-order valence-corrected chi connectivity index (χ2v) is 6.41. The van der Waals surface area contributed by atoms with Crippen LogP contribution < -0.4 is 4.74 Å². The van der Waals surface area contributed by atoms with Gasteiger partial charge in [-0.1, -0.05) is 13.3 Å². The number of carbonyl (C=O) groups excluding carboxylic acids is 3. The van der Waals surface area contributed by atoms with Crippen LogP contribution in [0.5, 0.6) is 5.75 Å². The topological polar surface area (TPSA) is 85.5 Å². The number of rotatable bonds is 9. The van der Waals surface area contributed by atoms with Crippen molar-refractivity contribution in [2.45, 2.75) is 40.5 Å². The highest BCUT2D eigenvalue weighted by molar-refractivity contribution is 6.03. The summed E-state index contributed by atoms with van der Waals surface area (Å²) in [5.41, 5.74) is 2.68. The fraction of sp³-hybridized carbons (Fsp3) is 0.381. The molecule has 0 aliphatic carbocycles. The molecular formula is C21H25NO5. The minimum absolute atomic E-state index is 0.0809. The molecule has 0 aliphatic rings. The molecule has 1 heterocycles. The molecule has 0 unspecified atom stereocenters. The Morgan fingerprint density at radius 1 is 1.07 bits per heavy atom. The van der Waals surface area contributed by atoms with Crippen LogP contribution in [0.4, 0.5) is 0 Å². The molecule has 1 N–H and O–H groups in total. The van der Waals surface area contributed by atoms with Gasteiger partial charge in [-0.2, -0.15) is 0 Å². The zero-order valence-corrected chi connectivity index (χ0v) is 16.2. The highest BCUT2D eigenvalue weighted by Gasteiger charge is 2.20. The van der Waals surface area contributed by atoms with Gasteiger partial charge in [0.1, 0.15) is 5.75 Å². The minimum Gasteiger partial charge on any atom is -0.485 e. The Morgan fingerprint density at radius 3 is 2.30 bits per heavy atom. The van der Waals surface area contributed by atoms with Gasteiger partial charge in [-0.25, -0.2) is 4.79 Å². The number of aromatic nitrogens is 1. The van der Waals surface area contributed by atoms with Crippen molar-refractivity contribution in [3.63, 3.8) is 0 Å². The Labute approximate surface area is 158 Å². The van der Waals surface area contributed by atoms with Crippen molar-refractivity contribution in [2.75, 3.05) is 13.2 Å². The van der Waals surface area contributed by atoms with Crippen LogP contribution in [0.25, 0.3) is 0 Å². The average molecular weight is 371 g/mol. The number of aromatic amines is 1. The van der Waals surface area contributed by atoms with E-state index in [-0.39, 0.29) is 24.1 Å². The molecule has 0 bridgehead atoms. The molecule has 0 radical (unpaired) electrons. The molecule has 6 heteroatoms. The number of aryl methyl sites for hydroxylation is 1. The van der Waals surface area contributed by atoms with E-state index in [1.54, 1.807) is 38.1 Å².